The molecular weight excluding hydrogens is 438 g/mol. The molecule has 1 atom stereocenters. The lowest BCUT2D eigenvalue weighted by Gasteiger charge is -2.26. The number of carbonyl (C=O) groups is 2. The van der Waals surface area contributed by atoms with Crippen LogP contribution >= 0.6 is 0 Å². The van der Waals surface area contributed by atoms with Gasteiger partial charge in [0.15, 0.2) is 0 Å². The molecule has 1 aliphatic heterocycles. The Morgan fingerprint density at radius 3 is 2.24 bits per heavy atom. The second-order valence-electron chi connectivity index (χ2n) is 7.60. The molecule has 8 heteroatoms. The summed E-state index contributed by atoms with van der Waals surface area (Å²) in [6, 6.07) is 14.1. The number of aryl methyl sites for hydroxylation is 1. The van der Waals surface area contributed by atoms with E-state index in [1.54, 1.807) is 12.1 Å². The van der Waals surface area contributed by atoms with Crippen LogP contribution in [0.1, 0.15) is 28.3 Å². The highest BCUT2D eigenvalue weighted by Gasteiger charge is 2.48. The summed E-state index contributed by atoms with van der Waals surface area (Å²) in [5.74, 6) is -3.62. The van der Waals surface area contributed by atoms with Gasteiger partial charge < -0.3 is 5.11 Å². The molecule has 1 N–H and O–H groups in total. The summed E-state index contributed by atoms with van der Waals surface area (Å²) in [6.45, 7) is 1.82. The zero-order valence-corrected chi connectivity index (χ0v) is 17.2. The van der Waals surface area contributed by atoms with Crippen molar-refractivity contribution in [3.63, 3.8) is 0 Å². The number of nitrogens with zero attached hydrogens (tertiary/aromatic N) is 1. The average molecular weight is 455 g/mol. The van der Waals surface area contributed by atoms with Crippen molar-refractivity contribution in [3.8, 4) is 0 Å². The molecule has 1 amide bonds. The van der Waals surface area contributed by atoms with Crippen molar-refractivity contribution in [1.82, 2.24) is 0 Å². The molecule has 33 heavy (non-hydrogen) atoms. The third kappa shape index (κ3) is 4.00. The van der Waals surface area contributed by atoms with E-state index in [2.05, 4.69) is 0 Å². The minimum absolute atomic E-state index is 0.136. The van der Waals surface area contributed by atoms with Gasteiger partial charge >= 0.3 is 6.18 Å². The van der Waals surface area contributed by atoms with Gasteiger partial charge in [-0.05, 0) is 31.2 Å². The molecule has 3 aromatic rings. The normalized spacial score (nSPS) is 18.1. The molecule has 0 spiro atoms. The molecule has 168 valence electrons. The summed E-state index contributed by atoms with van der Waals surface area (Å²) < 4.78 is 54.7. The molecule has 4 rings (SSSR count). The standard InChI is InChI=1S/C25H17F4NO3/c1-14-9-11-15(12-10-14)22(31)20-21(18-7-2-3-8-19(18)26)30(24(33)23(20)32)17-6-4-5-16(13-17)25(27,28)29/h2-13,21,31H,1H3/b22-20+. The number of hydrogen-bond acceptors (Lipinski definition) is 3. The fourth-order valence-corrected chi connectivity index (χ4v) is 3.79. The monoisotopic (exact) mass is 455 g/mol. The molecule has 1 saturated heterocycles. The van der Waals surface area contributed by atoms with Crippen LogP contribution in [-0.2, 0) is 15.8 Å². The molecule has 0 saturated carbocycles. The number of amides is 1. The number of hydrogen-bond donors (Lipinski definition) is 1. The van der Waals surface area contributed by atoms with E-state index in [0.717, 1.165) is 28.7 Å². The van der Waals surface area contributed by atoms with Gasteiger partial charge in [-0.15, -0.1) is 0 Å². The van der Waals surface area contributed by atoms with Gasteiger partial charge in [-0.3, -0.25) is 14.5 Å². The molecule has 0 bridgehead atoms. The molecule has 4 nitrogen and oxygen atoms in total. The summed E-state index contributed by atoms with van der Waals surface area (Å²) in [6.07, 6.45) is -4.70. The SMILES string of the molecule is Cc1ccc(/C(O)=C2\C(=O)C(=O)N(c3cccc(C(F)(F)F)c3)C2c2ccccc2F)cc1. The van der Waals surface area contributed by atoms with Crippen LogP contribution in [0.5, 0.6) is 0 Å². The first-order chi connectivity index (χ1) is 15.6. The van der Waals surface area contributed by atoms with Crippen LogP contribution in [-0.4, -0.2) is 16.8 Å². The van der Waals surface area contributed by atoms with Gasteiger partial charge in [0.05, 0.1) is 17.2 Å². The lowest BCUT2D eigenvalue weighted by Crippen LogP contribution is -2.30. The maximum atomic E-state index is 14.8. The number of ketones is 1. The van der Waals surface area contributed by atoms with Gasteiger partial charge in [-0.25, -0.2) is 4.39 Å². The smallest absolute Gasteiger partial charge is 0.416 e. The number of anilines is 1. The maximum absolute atomic E-state index is 14.8. The first kappa shape index (κ1) is 22.3. The minimum atomic E-state index is -4.70. The Morgan fingerprint density at radius 1 is 0.939 bits per heavy atom. The van der Waals surface area contributed by atoms with Gasteiger partial charge in [0.2, 0.25) is 0 Å². The van der Waals surface area contributed by atoms with Crippen molar-refractivity contribution in [3.05, 3.63) is 106 Å². The Hall–Kier alpha value is -3.94. The Balaban J connectivity index is 1.97. The number of alkyl halides is 3. The number of aliphatic hydroxyl groups is 1. The van der Waals surface area contributed by atoms with Crippen LogP contribution in [0.15, 0.2) is 78.4 Å². The number of aliphatic hydroxyl groups excluding tert-OH is 1. The number of halogens is 4. The number of carbonyl (C=O) groups excluding carboxylic acids is 2. The Bertz CT molecular complexity index is 1280. The van der Waals surface area contributed by atoms with Gasteiger partial charge in [-0.2, -0.15) is 13.2 Å². The van der Waals surface area contributed by atoms with Crippen LogP contribution < -0.4 is 4.90 Å². The zero-order valence-electron chi connectivity index (χ0n) is 17.2. The Labute approximate surface area is 186 Å². The van der Waals surface area contributed by atoms with Crippen molar-refractivity contribution in [2.24, 2.45) is 0 Å². The van der Waals surface area contributed by atoms with E-state index >= 15 is 0 Å². The number of Topliss-reactive ketones (excluding diaryl/α,β-unsaturated/α-hetero) is 1. The lowest BCUT2D eigenvalue weighted by molar-refractivity contribution is -0.137. The van der Waals surface area contributed by atoms with Crippen LogP contribution in [0.2, 0.25) is 0 Å². The second-order valence-corrected chi connectivity index (χ2v) is 7.60. The molecule has 0 radical (unpaired) electrons. The summed E-state index contributed by atoms with van der Waals surface area (Å²) in [5, 5.41) is 10.9. The summed E-state index contributed by atoms with van der Waals surface area (Å²) in [4.78, 5) is 26.8. The van der Waals surface area contributed by atoms with Crippen molar-refractivity contribution >= 4 is 23.1 Å². The quantitative estimate of drug-likeness (QED) is 0.236. The van der Waals surface area contributed by atoms with Crippen molar-refractivity contribution in [2.45, 2.75) is 19.1 Å². The first-order valence-corrected chi connectivity index (χ1v) is 9.89. The third-order valence-corrected chi connectivity index (χ3v) is 5.42. The number of rotatable bonds is 3. The van der Waals surface area contributed by atoms with E-state index in [1.807, 2.05) is 6.92 Å². The molecule has 0 aliphatic carbocycles. The third-order valence-electron chi connectivity index (χ3n) is 5.42. The average Bonchev–Trinajstić information content (AvgIpc) is 3.04. The molecule has 1 aliphatic rings. The van der Waals surface area contributed by atoms with Gasteiger partial charge in [0.1, 0.15) is 11.6 Å². The second kappa shape index (κ2) is 8.20. The molecule has 3 aromatic carbocycles. The first-order valence-electron chi connectivity index (χ1n) is 9.89. The lowest BCUT2D eigenvalue weighted by atomic mass is 9.94. The molecular formula is C25H17F4NO3. The fourth-order valence-electron chi connectivity index (χ4n) is 3.79. The van der Waals surface area contributed by atoms with Crippen LogP contribution in [0, 0.1) is 12.7 Å². The van der Waals surface area contributed by atoms with E-state index in [9.17, 15) is 32.3 Å². The van der Waals surface area contributed by atoms with Crippen LogP contribution in [0.4, 0.5) is 23.2 Å². The van der Waals surface area contributed by atoms with Gasteiger partial charge in [0.25, 0.3) is 11.7 Å². The van der Waals surface area contributed by atoms with Crippen molar-refractivity contribution in [2.75, 3.05) is 4.90 Å². The fraction of sp³-hybridized carbons (Fsp3) is 0.120. The van der Waals surface area contributed by atoms with Gasteiger partial charge in [0, 0.05) is 16.8 Å². The maximum Gasteiger partial charge on any atom is 0.416 e. The Kier molecular flexibility index (Phi) is 5.53. The predicted octanol–water partition coefficient (Wildman–Crippen LogP) is 5.78. The minimum Gasteiger partial charge on any atom is -0.507 e. The zero-order chi connectivity index (χ0) is 23.9. The van der Waals surface area contributed by atoms with Crippen molar-refractivity contribution < 1.29 is 32.3 Å². The van der Waals surface area contributed by atoms with Crippen molar-refractivity contribution in [1.29, 1.82) is 0 Å². The summed E-state index contributed by atoms with van der Waals surface area (Å²) in [7, 11) is 0. The Morgan fingerprint density at radius 2 is 1.61 bits per heavy atom. The topological polar surface area (TPSA) is 57.6 Å². The highest BCUT2D eigenvalue weighted by Crippen LogP contribution is 2.44. The van der Waals surface area contributed by atoms with Crippen LogP contribution in [0.3, 0.4) is 0 Å². The predicted molar refractivity (Wildman–Crippen MR) is 114 cm³/mol. The van der Waals surface area contributed by atoms with E-state index in [4.69, 9.17) is 0 Å². The van der Waals surface area contributed by atoms with Gasteiger partial charge in [-0.1, -0.05) is 54.1 Å². The number of benzene rings is 3. The molecule has 1 fully saturated rings. The summed E-state index contributed by atoms with van der Waals surface area (Å²) in [5.41, 5.74) is -0.740. The van der Waals surface area contributed by atoms with E-state index < -0.39 is 46.6 Å². The summed E-state index contributed by atoms with van der Waals surface area (Å²) >= 11 is 0. The largest absolute Gasteiger partial charge is 0.507 e. The molecule has 1 heterocycles. The molecule has 1 unspecified atom stereocenters. The molecule has 0 aromatic heterocycles. The van der Waals surface area contributed by atoms with E-state index in [-0.39, 0.29) is 16.8 Å². The van der Waals surface area contributed by atoms with E-state index in [1.165, 1.54) is 36.4 Å². The van der Waals surface area contributed by atoms with Crippen LogP contribution in [0.25, 0.3) is 5.76 Å². The van der Waals surface area contributed by atoms with E-state index in [0.29, 0.717) is 6.07 Å². The highest BCUT2D eigenvalue weighted by molar-refractivity contribution is 6.51. The highest BCUT2D eigenvalue weighted by atomic mass is 19.4.